The van der Waals surface area contributed by atoms with Crippen molar-refractivity contribution in [2.75, 3.05) is 0 Å². The third kappa shape index (κ3) is 3.14. The fourth-order valence-corrected chi connectivity index (χ4v) is 2.95. The normalized spacial score (nSPS) is 26.0. The summed E-state index contributed by atoms with van der Waals surface area (Å²) in [6.45, 7) is 2.05. The average molecular weight is 280 g/mol. The molecule has 2 aromatic carbocycles. The Balaban J connectivity index is 1.91. The average Bonchev–Trinajstić information content (AvgIpc) is 2.67. The molecule has 2 aromatic rings. The van der Waals surface area contributed by atoms with E-state index in [1.807, 2.05) is 36.4 Å². The monoisotopic (exact) mass is 280 g/mol. The van der Waals surface area contributed by atoms with Crippen molar-refractivity contribution in [3.63, 3.8) is 0 Å². The molecular formula is C18H20N2O. The van der Waals surface area contributed by atoms with E-state index >= 15 is 0 Å². The van der Waals surface area contributed by atoms with Crippen LogP contribution in [0.5, 0.6) is 0 Å². The first-order valence-electron chi connectivity index (χ1n) is 7.39. The van der Waals surface area contributed by atoms with Gasteiger partial charge in [0, 0.05) is 18.5 Å². The largest absolute Gasteiger partial charge is 0.352 e. The molecule has 0 radical (unpaired) electrons. The van der Waals surface area contributed by atoms with Crippen molar-refractivity contribution in [3.05, 3.63) is 71.8 Å². The van der Waals surface area contributed by atoms with Crippen LogP contribution in [0.15, 0.2) is 60.7 Å². The Labute approximate surface area is 125 Å². The molecule has 108 valence electrons. The molecule has 0 aromatic heterocycles. The molecule has 3 rings (SSSR count). The van der Waals surface area contributed by atoms with Crippen LogP contribution >= 0.6 is 0 Å². The van der Waals surface area contributed by atoms with Gasteiger partial charge >= 0.3 is 0 Å². The molecule has 0 spiro atoms. The molecule has 1 amide bonds. The first-order valence-corrected chi connectivity index (χ1v) is 7.39. The molecule has 1 aliphatic heterocycles. The van der Waals surface area contributed by atoms with Gasteiger partial charge in [0.05, 0.1) is 6.04 Å². The molecule has 3 nitrogen and oxygen atoms in total. The molecule has 1 fully saturated rings. The zero-order valence-corrected chi connectivity index (χ0v) is 12.1. The molecule has 3 heteroatoms. The Morgan fingerprint density at radius 2 is 1.48 bits per heavy atom. The Bertz CT molecular complexity index is 597. The first kappa shape index (κ1) is 13.8. The van der Waals surface area contributed by atoms with Crippen molar-refractivity contribution in [2.24, 2.45) is 0 Å². The fraction of sp³-hybridized carbons (Fsp3) is 0.278. The van der Waals surface area contributed by atoms with Gasteiger partial charge < -0.3 is 10.6 Å². The highest BCUT2D eigenvalue weighted by Gasteiger charge is 2.29. The molecule has 0 saturated carbocycles. The minimum atomic E-state index is 0.0429. The van der Waals surface area contributed by atoms with Crippen molar-refractivity contribution >= 4 is 5.91 Å². The van der Waals surface area contributed by atoms with Crippen molar-refractivity contribution in [2.45, 2.75) is 31.5 Å². The molecule has 3 atom stereocenters. The van der Waals surface area contributed by atoms with Gasteiger partial charge in [0.1, 0.15) is 0 Å². The molecule has 21 heavy (non-hydrogen) atoms. The number of nitrogens with one attached hydrogen (secondary N) is 2. The second kappa shape index (κ2) is 6.10. The van der Waals surface area contributed by atoms with Crippen LogP contribution in [-0.2, 0) is 4.79 Å². The van der Waals surface area contributed by atoms with Crippen LogP contribution in [0.25, 0.3) is 0 Å². The van der Waals surface area contributed by atoms with Crippen molar-refractivity contribution in [1.29, 1.82) is 0 Å². The summed E-state index contributed by atoms with van der Waals surface area (Å²) >= 11 is 0. The Morgan fingerprint density at radius 1 is 0.905 bits per heavy atom. The lowest BCUT2D eigenvalue weighted by Crippen LogP contribution is -2.38. The highest BCUT2D eigenvalue weighted by molar-refractivity contribution is 5.77. The summed E-state index contributed by atoms with van der Waals surface area (Å²) in [5.74, 6) is 0.0993. The summed E-state index contributed by atoms with van der Waals surface area (Å²) in [5.41, 5.74) is 2.36. The van der Waals surface area contributed by atoms with Crippen molar-refractivity contribution < 1.29 is 4.79 Å². The lowest BCUT2D eigenvalue weighted by atomic mass is 9.98. The van der Waals surface area contributed by atoms with Gasteiger partial charge in [0.25, 0.3) is 0 Å². The van der Waals surface area contributed by atoms with Crippen LogP contribution in [0.1, 0.15) is 36.6 Å². The third-order valence-corrected chi connectivity index (χ3v) is 4.02. The zero-order chi connectivity index (χ0) is 14.7. The van der Waals surface area contributed by atoms with Crippen molar-refractivity contribution in [1.82, 2.24) is 10.6 Å². The maximum atomic E-state index is 12.1. The zero-order valence-electron chi connectivity index (χ0n) is 12.1. The Hall–Kier alpha value is -2.13. The van der Waals surface area contributed by atoms with Gasteiger partial charge in [0.2, 0.25) is 5.91 Å². The second-order valence-corrected chi connectivity index (χ2v) is 5.58. The topological polar surface area (TPSA) is 41.1 Å². The smallest absolute Gasteiger partial charge is 0.222 e. The molecule has 1 saturated heterocycles. The van der Waals surface area contributed by atoms with E-state index < -0.39 is 0 Å². The van der Waals surface area contributed by atoms with Crippen LogP contribution in [0.2, 0.25) is 0 Å². The van der Waals surface area contributed by atoms with E-state index in [2.05, 4.69) is 41.8 Å². The highest BCUT2D eigenvalue weighted by atomic mass is 16.1. The molecule has 1 aliphatic rings. The van der Waals surface area contributed by atoms with Crippen molar-refractivity contribution in [3.8, 4) is 0 Å². The summed E-state index contributed by atoms with van der Waals surface area (Å²) < 4.78 is 0. The summed E-state index contributed by atoms with van der Waals surface area (Å²) in [6.07, 6.45) is 0.470. The van der Waals surface area contributed by atoms with Crippen LogP contribution in [0.4, 0.5) is 0 Å². The van der Waals surface area contributed by atoms with Crippen LogP contribution in [0, 0.1) is 0 Å². The minimum absolute atomic E-state index is 0.0429. The van der Waals surface area contributed by atoms with E-state index in [1.54, 1.807) is 0 Å². The van der Waals surface area contributed by atoms with Gasteiger partial charge in [0.15, 0.2) is 0 Å². The maximum Gasteiger partial charge on any atom is 0.222 e. The molecule has 2 N–H and O–H groups in total. The number of rotatable bonds is 2. The quantitative estimate of drug-likeness (QED) is 0.888. The van der Waals surface area contributed by atoms with Gasteiger partial charge in [-0.15, -0.1) is 0 Å². The predicted octanol–water partition coefficient (Wildman–Crippen LogP) is 2.97. The highest BCUT2D eigenvalue weighted by Crippen LogP contribution is 2.27. The van der Waals surface area contributed by atoms with E-state index in [-0.39, 0.29) is 24.0 Å². The summed E-state index contributed by atoms with van der Waals surface area (Å²) in [5, 5.41) is 6.73. The maximum absolute atomic E-state index is 12.1. The van der Waals surface area contributed by atoms with E-state index in [0.29, 0.717) is 6.42 Å². The lowest BCUT2D eigenvalue weighted by molar-refractivity contribution is -0.121. The van der Waals surface area contributed by atoms with E-state index in [0.717, 1.165) is 5.56 Å². The number of hydrogen-bond donors (Lipinski definition) is 2. The van der Waals surface area contributed by atoms with Crippen LogP contribution in [0.3, 0.4) is 0 Å². The van der Waals surface area contributed by atoms with Gasteiger partial charge in [-0.1, -0.05) is 60.7 Å². The molecular weight excluding hydrogens is 260 g/mol. The van der Waals surface area contributed by atoms with E-state index in [9.17, 15) is 4.79 Å². The molecule has 0 aliphatic carbocycles. The SMILES string of the molecule is C[C@@H]1NC(=O)C[C@@H](c2ccccc2)N[C@H]1c1ccccc1. The lowest BCUT2D eigenvalue weighted by Gasteiger charge is -2.26. The summed E-state index contributed by atoms with van der Waals surface area (Å²) in [7, 11) is 0. The van der Waals surface area contributed by atoms with Gasteiger partial charge in [-0.3, -0.25) is 4.79 Å². The second-order valence-electron chi connectivity index (χ2n) is 5.58. The molecule has 0 bridgehead atoms. The standard InChI is InChI=1S/C18H20N2O/c1-13-18(15-10-6-3-7-11-15)20-16(12-17(21)19-13)14-8-4-2-5-9-14/h2-11,13,16,18,20H,12H2,1H3,(H,19,21)/t13-,16-,18+/m0/s1. The summed E-state index contributed by atoms with van der Waals surface area (Å²) in [4.78, 5) is 12.1. The Morgan fingerprint density at radius 3 is 2.10 bits per heavy atom. The first-order chi connectivity index (χ1) is 10.2. The van der Waals surface area contributed by atoms with E-state index in [4.69, 9.17) is 0 Å². The van der Waals surface area contributed by atoms with Gasteiger partial charge in [-0.25, -0.2) is 0 Å². The third-order valence-electron chi connectivity index (χ3n) is 4.02. The molecule has 0 unspecified atom stereocenters. The molecule has 1 heterocycles. The minimum Gasteiger partial charge on any atom is -0.352 e. The fourth-order valence-electron chi connectivity index (χ4n) is 2.95. The summed E-state index contributed by atoms with van der Waals surface area (Å²) in [6, 6.07) is 20.7. The number of carbonyl (C=O) groups excluding carboxylic acids is 1. The van der Waals surface area contributed by atoms with Gasteiger partial charge in [-0.05, 0) is 18.1 Å². The van der Waals surface area contributed by atoms with Gasteiger partial charge in [-0.2, -0.15) is 0 Å². The number of hydrogen-bond acceptors (Lipinski definition) is 2. The van der Waals surface area contributed by atoms with Crippen LogP contribution in [-0.4, -0.2) is 11.9 Å². The number of amides is 1. The Kier molecular flexibility index (Phi) is 4.02. The predicted molar refractivity (Wildman–Crippen MR) is 83.7 cm³/mol. The van der Waals surface area contributed by atoms with E-state index in [1.165, 1.54) is 5.56 Å². The van der Waals surface area contributed by atoms with Crippen LogP contribution < -0.4 is 10.6 Å². The number of carbonyl (C=O) groups is 1. The number of benzene rings is 2.